The van der Waals surface area contributed by atoms with E-state index in [-0.39, 0.29) is 0 Å². The first kappa shape index (κ1) is 14.6. The van der Waals surface area contributed by atoms with Crippen LogP contribution >= 0.6 is 11.6 Å². The molecule has 1 aliphatic rings. The molecule has 2 rings (SSSR count). The zero-order valence-corrected chi connectivity index (χ0v) is 12.7. The molecule has 0 bridgehead atoms. The lowest BCUT2D eigenvalue weighted by molar-refractivity contribution is 0.360. The van der Waals surface area contributed by atoms with Crippen LogP contribution in [0.1, 0.15) is 18.9 Å². The normalized spacial score (nSPS) is 17.5. The quantitative estimate of drug-likeness (QED) is 0.915. The van der Waals surface area contributed by atoms with Crippen molar-refractivity contribution < 1.29 is 0 Å². The number of hydrogen-bond donors (Lipinski definition) is 1. The predicted octanol–water partition coefficient (Wildman–Crippen LogP) is 2.59. The largest absolute Gasteiger partial charge is 0.370 e. The van der Waals surface area contributed by atoms with Crippen LogP contribution < -0.4 is 10.2 Å². The van der Waals surface area contributed by atoms with Crippen LogP contribution in [-0.4, -0.2) is 44.7 Å². The van der Waals surface area contributed by atoms with Crippen molar-refractivity contribution >= 4 is 17.3 Å². The molecule has 0 amide bonds. The highest BCUT2D eigenvalue weighted by atomic mass is 35.5. The number of nitrogens with one attached hydrogen (secondary N) is 1. The third-order valence-corrected chi connectivity index (χ3v) is 3.91. The number of benzene rings is 1. The van der Waals surface area contributed by atoms with E-state index in [1.165, 1.54) is 24.2 Å². The molecule has 0 radical (unpaired) electrons. The summed E-state index contributed by atoms with van der Waals surface area (Å²) < 4.78 is 0. The van der Waals surface area contributed by atoms with Gasteiger partial charge >= 0.3 is 0 Å². The fourth-order valence-electron chi connectivity index (χ4n) is 2.53. The maximum Gasteiger partial charge on any atom is 0.0427 e. The summed E-state index contributed by atoms with van der Waals surface area (Å²) in [6.07, 6.45) is 1.21. The Bertz CT molecular complexity index is 408. The van der Waals surface area contributed by atoms with Crippen molar-refractivity contribution in [1.29, 1.82) is 0 Å². The summed E-state index contributed by atoms with van der Waals surface area (Å²) in [6, 6.07) is 6.25. The summed E-state index contributed by atoms with van der Waals surface area (Å²) in [5, 5.41) is 4.23. The van der Waals surface area contributed by atoms with Gasteiger partial charge < -0.3 is 15.1 Å². The summed E-state index contributed by atoms with van der Waals surface area (Å²) >= 11 is 6.18. The summed E-state index contributed by atoms with van der Waals surface area (Å²) in [5.41, 5.74) is 2.64. The van der Waals surface area contributed by atoms with Crippen molar-refractivity contribution in [3.8, 4) is 0 Å². The molecule has 1 fully saturated rings. The number of likely N-dealkylation sites (N-methyl/N-ethyl adjacent to an activating group) is 1. The Morgan fingerprint density at radius 1 is 1.21 bits per heavy atom. The second-order valence-corrected chi connectivity index (χ2v) is 5.63. The van der Waals surface area contributed by atoms with Gasteiger partial charge in [0, 0.05) is 36.9 Å². The highest BCUT2D eigenvalue weighted by Gasteiger charge is 2.15. The molecule has 0 unspecified atom stereocenters. The second-order valence-electron chi connectivity index (χ2n) is 5.20. The summed E-state index contributed by atoms with van der Waals surface area (Å²) in [4.78, 5) is 4.87. The summed E-state index contributed by atoms with van der Waals surface area (Å²) in [5.74, 6) is 0. The molecule has 1 heterocycles. The van der Waals surface area contributed by atoms with Gasteiger partial charge in [0.05, 0.1) is 0 Å². The minimum Gasteiger partial charge on any atom is -0.370 e. The Balaban J connectivity index is 2.18. The lowest BCUT2D eigenvalue weighted by Gasteiger charge is -2.26. The van der Waals surface area contributed by atoms with E-state index < -0.39 is 0 Å². The van der Waals surface area contributed by atoms with Crippen molar-refractivity contribution in [2.45, 2.75) is 19.9 Å². The molecule has 0 spiro atoms. The average Bonchev–Trinajstić information content (AvgIpc) is 2.62. The Morgan fingerprint density at radius 2 is 2.05 bits per heavy atom. The van der Waals surface area contributed by atoms with E-state index in [0.717, 1.165) is 37.7 Å². The van der Waals surface area contributed by atoms with Crippen LogP contribution in [0.15, 0.2) is 18.2 Å². The van der Waals surface area contributed by atoms with Crippen molar-refractivity contribution in [3.05, 3.63) is 28.8 Å². The molecule has 3 nitrogen and oxygen atoms in total. The SMILES string of the molecule is CCNCc1ccc(Cl)cc1N1CCCN(C)CC1. The third kappa shape index (κ3) is 4.10. The van der Waals surface area contributed by atoms with Gasteiger partial charge in [-0.05, 0) is 44.3 Å². The molecular formula is C15H24ClN3. The van der Waals surface area contributed by atoms with E-state index in [2.05, 4.69) is 41.2 Å². The van der Waals surface area contributed by atoms with Gasteiger partial charge in [0.15, 0.2) is 0 Å². The zero-order chi connectivity index (χ0) is 13.7. The van der Waals surface area contributed by atoms with Crippen LogP contribution in [0.4, 0.5) is 5.69 Å². The van der Waals surface area contributed by atoms with Crippen molar-refractivity contribution in [1.82, 2.24) is 10.2 Å². The molecule has 1 aliphatic heterocycles. The van der Waals surface area contributed by atoms with Crippen molar-refractivity contribution in [2.24, 2.45) is 0 Å². The van der Waals surface area contributed by atoms with Gasteiger partial charge in [-0.25, -0.2) is 0 Å². The lowest BCUT2D eigenvalue weighted by atomic mass is 10.1. The van der Waals surface area contributed by atoms with Gasteiger partial charge in [-0.2, -0.15) is 0 Å². The number of hydrogen-bond acceptors (Lipinski definition) is 3. The number of nitrogens with zero attached hydrogens (tertiary/aromatic N) is 2. The second kappa shape index (κ2) is 7.13. The van der Waals surface area contributed by atoms with Gasteiger partial charge in [-0.3, -0.25) is 0 Å². The molecule has 1 saturated heterocycles. The molecule has 1 aromatic carbocycles. The molecule has 106 valence electrons. The van der Waals surface area contributed by atoms with Crippen LogP contribution in [0.5, 0.6) is 0 Å². The molecule has 0 saturated carbocycles. The monoisotopic (exact) mass is 281 g/mol. The molecule has 0 aliphatic carbocycles. The van der Waals surface area contributed by atoms with Crippen LogP contribution in [0, 0.1) is 0 Å². The third-order valence-electron chi connectivity index (χ3n) is 3.67. The van der Waals surface area contributed by atoms with Crippen molar-refractivity contribution in [3.63, 3.8) is 0 Å². The standard InChI is InChI=1S/C15H24ClN3/c1-3-17-12-13-5-6-14(16)11-15(13)19-8-4-7-18(2)9-10-19/h5-6,11,17H,3-4,7-10,12H2,1-2H3. The first-order valence-corrected chi connectivity index (χ1v) is 7.51. The van der Waals surface area contributed by atoms with E-state index >= 15 is 0 Å². The van der Waals surface area contributed by atoms with Crippen LogP contribution in [0.2, 0.25) is 5.02 Å². The Kier molecular flexibility index (Phi) is 5.49. The molecule has 0 atom stereocenters. The maximum absolute atomic E-state index is 6.18. The van der Waals surface area contributed by atoms with Gasteiger partial charge in [0.2, 0.25) is 0 Å². The Labute approximate surface area is 121 Å². The van der Waals surface area contributed by atoms with Crippen LogP contribution in [0.3, 0.4) is 0 Å². The van der Waals surface area contributed by atoms with E-state index in [1.807, 2.05) is 6.07 Å². The average molecular weight is 282 g/mol. The van der Waals surface area contributed by atoms with E-state index in [9.17, 15) is 0 Å². The van der Waals surface area contributed by atoms with Gasteiger partial charge in [0.1, 0.15) is 0 Å². The first-order chi connectivity index (χ1) is 9.20. The first-order valence-electron chi connectivity index (χ1n) is 7.13. The number of rotatable bonds is 4. The zero-order valence-electron chi connectivity index (χ0n) is 12.0. The fraction of sp³-hybridized carbons (Fsp3) is 0.600. The van der Waals surface area contributed by atoms with E-state index in [0.29, 0.717) is 0 Å². The lowest BCUT2D eigenvalue weighted by Crippen LogP contribution is -2.30. The van der Waals surface area contributed by atoms with Gasteiger partial charge in [0.25, 0.3) is 0 Å². The number of halogens is 1. The summed E-state index contributed by atoms with van der Waals surface area (Å²) in [6.45, 7) is 8.53. The molecule has 4 heteroatoms. The van der Waals surface area contributed by atoms with E-state index in [4.69, 9.17) is 11.6 Å². The van der Waals surface area contributed by atoms with Crippen LogP contribution in [0.25, 0.3) is 0 Å². The molecule has 0 aromatic heterocycles. The topological polar surface area (TPSA) is 18.5 Å². The minimum absolute atomic E-state index is 0.827. The Morgan fingerprint density at radius 3 is 2.84 bits per heavy atom. The Hall–Kier alpha value is -0.770. The minimum atomic E-state index is 0.827. The number of anilines is 1. The van der Waals surface area contributed by atoms with Crippen molar-refractivity contribution in [2.75, 3.05) is 44.7 Å². The van der Waals surface area contributed by atoms with Crippen LogP contribution in [-0.2, 0) is 6.54 Å². The van der Waals surface area contributed by atoms with Gasteiger partial charge in [-0.1, -0.05) is 24.6 Å². The maximum atomic E-state index is 6.18. The molecule has 19 heavy (non-hydrogen) atoms. The smallest absolute Gasteiger partial charge is 0.0427 e. The highest BCUT2D eigenvalue weighted by molar-refractivity contribution is 6.30. The molecule has 1 N–H and O–H groups in total. The van der Waals surface area contributed by atoms with Gasteiger partial charge in [-0.15, -0.1) is 0 Å². The molecule has 1 aromatic rings. The van der Waals surface area contributed by atoms with E-state index in [1.54, 1.807) is 0 Å². The fourth-order valence-corrected chi connectivity index (χ4v) is 2.69. The molecular weight excluding hydrogens is 258 g/mol. The highest BCUT2D eigenvalue weighted by Crippen LogP contribution is 2.26. The summed E-state index contributed by atoms with van der Waals surface area (Å²) in [7, 11) is 2.20. The predicted molar refractivity (Wildman–Crippen MR) is 83.2 cm³/mol.